The zero-order valence-corrected chi connectivity index (χ0v) is 9.21. The summed E-state index contributed by atoms with van der Waals surface area (Å²) < 4.78 is 40.3. The van der Waals surface area contributed by atoms with Crippen LogP contribution in [0.25, 0.3) is 0 Å². The maximum absolute atomic E-state index is 13.5. The molecule has 3 rings (SSSR count). The highest BCUT2D eigenvalue weighted by Gasteiger charge is 2.65. The second kappa shape index (κ2) is 3.46. The predicted molar refractivity (Wildman–Crippen MR) is 54.9 cm³/mol. The van der Waals surface area contributed by atoms with Crippen molar-refractivity contribution in [2.24, 2.45) is 5.92 Å². The summed E-state index contributed by atoms with van der Waals surface area (Å²) in [6, 6.07) is 4.28. The lowest BCUT2D eigenvalue weighted by Gasteiger charge is -2.31. The molecule has 1 N–H and O–H groups in total. The second-order valence-corrected chi connectivity index (χ2v) is 4.68. The van der Waals surface area contributed by atoms with Crippen LogP contribution in [0, 0.1) is 18.7 Å². The van der Waals surface area contributed by atoms with E-state index in [2.05, 4.69) is 5.48 Å². The molecule has 2 nitrogen and oxygen atoms in total. The van der Waals surface area contributed by atoms with Crippen molar-refractivity contribution >= 4 is 0 Å². The molecule has 17 heavy (non-hydrogen) atoms. The van der Waals surface area contributed by atoms with Crippen LogP contribution in [-0.2, 0) is 10.4 Å². The predicted octanol–water partition coefficient (Wildman–Crippen LogP) is 2.52. The summed E-state index contributed by atoms with van der Waals surface area (Å²) >= 11 is 0. The zero-order valence-electron chi connectivity index (χ0n) is 9.21. The first kappa shape index (κ1) is 11.0. The van der Waals surface area contributed by atoms with Gasteiger partial charge in [0.15, 0.2) is 0 Å². The van der Waals surface area contributed by atoms with Gasteiger partial charge in [-0.15, -0.1) is 0 Å². The Labute approximate surface area is 96.7 Å². The minimum absolute atomic E-state index is 0.160. The van der Waals surface area contributed by atoms with Crippen molar-refractivity contribution in [1.82, 2.24) is 5.48 Å². The van der Waals surface area contributed by atoms with Crippen molar-refractivity contribution in [3.63, 3.8) is 0 Å². The van der Waals surface area contributed by atoms with E-state index in [1.807, 2.05) is 0 Å². The van der Waals surface area contributed by atoms with E-state index in [0.29, 0.717) is 12.0 Å². The van der Waals surface area contributed by atoms with Gasteiger partial charge in [0, 0.05) is 5.92 Å². The molecule has 92 valence electrons. The van der Waals surface area contributed by atoms with Crippen LogP contribution in [0.5, 0.6) is 0 Å². The lowest BCUT2D eigenvalue weighted by atomic mass is 9.83. The first-order valence-electron chi connectivity index (χ1n) is 5.54. The molecule has 3 unspecified atom stereocenters. The van der Waals surface area contributed by atoms with E-state index < -0.39 is 17.8 Å². The maximum atomic E-state index is 13.5. The van der Waals surface area contributed by atoms with Crippen LogP contribution in [0.15, 0.2) is 18.2 Å². The number of hydrogen-bond donors (Lipinski definition) is 1. The number of hydrogen-bond acceptors (Lipinski definition) is 2. The van der Waals surface area contributed by atoms with Gasteiger partial charge in [0.1, 0.15) is 11.4 Å². The molecule has 1 aliphatic heterocycles. The summed E-state index contributed by atoms with van der Waals surface area (Å²) in [5.74, 6) is -0.726. The SMILES string of the molecule is Cc1c(F)cccc1C1(C(F)F)NOC2CC21. The van der Waals surface area contributed by atoms with Gasteiger partial charge in [-0.3, -0.25) is 4.84 Å². The van der Waals surface area contributed by atoms with Crippen molar-refractivity contribution in [1.29, 1.82) is 0 Å². The van der Waals surface area contributed by atoms with Crippen LogP contribution in [0.2, 0.25) is 0 Å². The Morgan fingerprint density at radius 1 is 1.47 bits per heavy atom. The van der Waals surface area contributed by atoms with Crippen molar-refractivity contribution < 1.29 is 18.0 Å². The molecule has 0 bridgehead atoms. The molecule has 5 heteroatoms. The maximum Gasteiger partial charge on any atom is 0.263 e. The first-order chi connectivity index (χ1) is 8.07. The van der Waals surface area contributed by atoms with Crippen LogP contribution in [0.1, 0.15) is 17.5 Å². The molecule has 1 saturated carbocycles. The van der Waals surface area contributed by atoms with Crippen molar-refractivity contribution in [3.8, 4) is 0 Å². The molecule has 2 aliphatic rings. The molecular weight excluding hydrogens is 231 g/mol. The molecule has 1 aromatic carbocycles. The molecule has 1 saturated heterocycles. The summed E-state index contributed by atoms with van der Waals surface area (Å²) in [4.78, 5) is 5.10. The fourth-order valence-electron chi connectivity index (χ4n) is 2.66. The van der Waals surface area contributed by atoms with Crippen molar-refractivity contribution in [2.45, 2.75) is 31.4 Å². The Kier molecular flexibility index (Phi) is 2.25. The molecule has 3 atom stereocenters. The third-order valence-electron chi connectivity index (χ3n) is 3.75. The molecule has 1 aliphatic carbocycles. The van der Waals surface area contributed by atoms with Gasteiger partial charge in [-0.2, -0.15) is 5.48 Å². The molecule has 0 spiro atoms. The third kappa shape index (κ3) is 1.35. The van der Waals surface area contributed by atoms with Gasteiger partial charge < -0.3 is 0 Å². The zero-order chi connectivity index (χ0) is 12.2. The van der Waals surface area contributed by atoms with Crippen LogP contribution >= 0.6 is 0 Å². The van der Waals surface area contributed by atoms with Crippen molar-refractivity contribution in [2.75, 3.05) is 0 Å². The number of alkyl halides is 2. The topological polar surface area (TPSA) is 21.3 Å². The lowest BCUT2D eigenvalue weighted by Crippen LogP contribution is -2.47. The Balaban J connectivity index is 2.14. The van der Waals surface area contributed by atoms with Gasteiger partial charge in [-0.05, 0) is 30.5 Å². The Bertz CT molecular complexity index is 465. The van der Waals surface area contributed by atoms with Crippen molar-refractivity contribution in [3.05, 3.63) is 35.1 Å². The van der Waals surface area contributed by atoms with E-state index in [9.17, 15) is 13.2 Å². The van der Waals surface area contributed by atoms with Gasteiger partial charge in [0.05, 0.1) is 6.10 Å². The number of hydroxylamine groups is 1. The third-order valence-corrected chi connectivity index (χ3v) is 3.75. The lowest BCUT2D eigenvalue weighted by molar-refractivity contribution is -0.0556. The first-order valence-corrected chi connectivity index (χ1v) is 5.54. The average Bonchev–Trinajstić information content (AvgIpc) is 2.97. The van der Waals surface area contributed by atoms with E-state index in [1.165, 1.54) is 19.1 Å². The fraction of sp³-hybridized carbons (Fsp3) is 0.500. The number of halogens is 3. The van der Waals surface area contributed by atoms with Crippen LogP contribution < -0.4 is 5.48 Å². The minimum Gasteiger partial charge on any atom is -0.297 e. The van der Waals surface area contributed by atoms with E-state index >= 15 is 0 Å². The van der Waals surface area contributed by atoms with E-state index in [1.54, 1.807) is 6.07 Å². The second-order valence-electron chi connectivity index (χ2n) is 4.68. The highest BCUT2D eigenvalue weighted by Crippen LogP contribution is 2.55. The quantitative estimate of drug-likeness (QED) is 0.861. The van der Waals surface area contributed by atoms with E-state index in [0.717, 1.165) is 0 Å². The molecule has 0 amide bonds. The largest absolute Gasteiger partial charge is 0.297 e. The van der Waals surface area contributed by atoms with Crippen LogP contribution in [0.3, 0.4) is 0 Å². The number of rotatable bonds is 2. The molecule has 1 heterocycles. The van der Waals surface area contributed by atoms with Gasteiger partial charge in [-0.25, -0.2) is 13.2 Å². The van der Waals surface area contributed by atoms with Gasteiger partial charge in [0.2, 0.25) is 0 Å². The Morgan fingerprint density at radius 3 is 2.76 bits per heavy atom. The minimum atomic E-state index is -2.62. The fourth-order valence-corrected chi connectivity index (χ4v) is 2.66. The van der Waals surface area contributed by atoms with Gasteiger partial charge >= 0.3 is 0 Å². The Morgan fingerprint density at radius 2 is 2.24 bits per heavy atom. The number of fused-ring (bicyclic) bond motifs is 1. The smallest absolute Gasteiger partial charge is 0.263 e. The molecule has 1 aromatic rings. The summed E-state index contributed by atoms with van der Waals surface area (Å²) in [6.45, 7) is 1.52. The highest BCUT2D eigenvalue weighted by molar-refractivity contribution is 5.38. The summed E-state index contributed by atoms with van der Waals surface area (Å²) in [5.41, 5.74) is 1.46. The number of benzene rings is 1. The van der Waals surface area contributed by atoms with E-state index in [4.69, 9.17) is 4.84 Å². The standard InChI is InChI=1S/C12H12F3NO/c1-6-7(3-2-4-9(6)13)12(11(14)15)8-5-10(8)17-16-12/h2-4,8,10-11,16H,5H2,1H3. The monoisotopic (exact) mass is 243 g/mol. The van der Waals surface area contributed by atoms with Crippen LogP contribution in [0.4, 0.5) is 13.2 Å². The van der Waals surface area contributed by atoms with Gasteiger partial charge in [0.25, 0.3) is 6.43 Å². The summed E-state index contributed by atoms with van der Waals surface area (Å²) in [6.07, 6.45) is -2.18. The van der Waals surface area contributed by atoms with Gasteiger partial charge in [-0.1, -0.05) is 12.1 Å². The highest BCUT2D eigenvalue weighted by atomic mass is 19.3. The Hall–Kier alpha value is -1.07. The molecular formula is C12H12F3NO. The summed E-state index contributed by atoms with van der Waals surface area (Å²) in [5, 5.41) is 0. The normalized spacial score (nSPS) is 35.1. The van der Waals surface area contributed by atoms with Crippen LogP contribution in [-0.4, -0.2) is 12.5 Å². The van der Waals surface area contributed by atoms with E-state index in [-0.39, 0.29) is 17.6 Å². The summed E-state index contributed by atoms with van der Waals surface area (Å²) in [7, 11) is 0. The number of nitrogens with one attached hydrogen (secondary N) is 1. The average molecular weight is 243 g/mol. The molecule has 0 aromatic heterocycles. The molecule has 2 fully saturated rings. The molecule has 0 radical (unpaired) electrons.